The molecule has 1 N–H and O–H groups in total. The topological polar surface area (TPSA) is 15.3 Å². The largest absolute Gasteiger partial charge is 0.305 e. The molecule has 2 heteroatoms. The highest BCUT2D eigenvalue weighted by Gasteiger charge is 2.43. The van der Waals surface area contributed by atoms with Gasteiger partial charge in [0.2, 0.25) is 0 Å². The molecule has 1 aliphatic heterocycles. The first-order valence-electron chi connectivity index (χ1n) is 8.16. The lowest BCUT2D eigenvalue weighted by atomic mass is 9.80. The van der Waals surface area contributed by atoms with E-state index in [1.54, 1.807) is 0 Å². The predicted molar refractivity (Wildman–Crippen MR) is 87.0 cm³/mol. The molecule has 2 nitrogen and oxygen atoms in total. The summed E-state index contributed by atoms with van der Waals surface area (Å²) in [6.45, 7) is 12.7. The van der Waals surface area contributed by atoms with E-state index >= 15 is 0 Å². The maximum Gasteiger partial charge on any atom is 0.0535 e. The number of rotatable bonds is 5. The fourth-order valence-corrected chi connectivity index (χ4v) is 3.61. The van der Waals surface area contributed by atoms with Crippen molar-refractivity contribution in [3.63, 3.8) is 0 Å². The van der Waals surface area contributed by atoms with Gasteiger partial charge < -0.3 is 5.32 Å². The molecular formula is C18H30N2. The van der Waals surface area contributed by atoms with Gasteiger partial charge in [0.25, 0.3) is 0 Å². The number of piperazine rings is 1. The Kier molecular flexibility index (Phi) is 4.87. The molecule has 0 amide bonds. The third kappa shape index (κ3) is 2.77. The normalized spacial score (nSPS) is 26.6. The Balaban J connectivity index is 2.26. The summed E-state index contributed by atoms with van der Waals surface area (Å²) in [5.74, 6) is 0. The zero-order valence-electron chi connectivity index (χ0n) is 13.6. The molecule has 2 rings (SSSR count). The van der Waals surface area contributed by atoms with Crippen LogP contribution in [0.1, 0.15) is 52.5 Å². The van der Waals surface area contributed by atoms with Crippen molar-refractivity contribution in [1.29, 1.82) is 0 Å². The number of nitrogens with one attached hydrogen (secondary N) is 1. The van der Waals surface area contributed by atoms with Gasteiger partial charge in [-0.2, -0.15) is 0 Å². The van der Waals surface area contributed by atoms with Crippen molar-refractivity contribution in [3.05, 3.63) is 35.9 Å². The number of nitrogens with zero attached hydrogens (tertiary/aromatic N) is 1. The molecule has 1 heterocycles. The fourth-order valence-electron chi connectivity index (χ4n) is 3.61. The van der Waals surface area contributed by atoms with Crippen molar-refractivity contribution in [2.75, 3.05) is 19.6 Å². The van der Waals surface area contributed by atoms with Crippen LogP contribution in [0, 0.1) is 0 Å². The standard InChI is InChI=1S/C18H30N2/c1-5-13-20-15-17(4,16-11-9-8-10-12-16)19-14-18(20,6-2)7-3/h8-12,19H,5-7,13-15H2,1-4H3. The molecule has 1 aromatic rings. The van der Waals surface area contributed by atoms with Gasteiger partial charge in [0.15, 0.2) is 0 Å². The molecule has 0 spiro atoms. The van der Waals surface area contributed by atoms with Crippen LogP contribution in [0.3, 0.4) is 0 Å². The van der Waals surface area contributed by atoms with Crippen LogP contribution in [-0.2, 0) is 5.54 Å². The summed E-state index contributed by atoms with van der Waals surface area (Å²) in [5, 5.41) is 3.85. The van der Waals surface area contributed by atoms with Crippen LogP contribution in [0.2, 0.25) is 0 Å². The molecule has 1 unspecified atom stereocenters. The highest BCUT2D eigenvalue weighted by atomic mass is 15.3. The van der Waals surface area contributed by atoms with E-state index in [9.17, 15) is 0 Å². The minimum Gasteiger partial charge on any atom is -0.305 e. The van der Waals surface area contributed by atoms with Crippen molar-refractivity contribution in [1.82, 2.24) is 10.2 Å². The molecule has 1 aliphatic rings. The molecular weight excluding hydrogens is 244 g/mol. The average Bonchev–Trinajstić information content (AvgIpc) is 2.50. The van der Waals surface area contributed by atoms with Gasteiger partial charge in [-0.1, -0.05) is 51.1 Å². The molecule has 1 aromatic carbocycles. The zero-order chi connectivity index (χ0) is 14.6. The third-order valence-corrected chi connectivity index (χ3v) is 5.21. The van der Waals surface area contributed by atoms with Crippen molar-refractivity contribution < 1.29 is 0 Å². The molecule has 0 aliphatic carbocycles. The van der Waals surface area contributed by atoms with E-state index < -0.39 is 0 Å². The summed E-state index contributed by atoms with van der Waals surface area (Å²) < 4.78 is 0. The Morgan fingerprint density at radius 2 is 1.75 bits per heavy atom. The van der Waals surface area contributed by atoms with Crippen LogP contribution in [0.4, 0.5) is 0 Å². The van der Waals surface area contributed by atoms with Crippen LogP contribution < -0.4 is 5.32 Å². The van der Waals surface area contributed by atoms with E-state index in [2.05, 4.69) is 68.2 Å². The Hall–Kier alpha value is -0.860. The summed E-state index contributed by atoms with van der Waals surface area (Å²) in [7, 11) is 0. The molecule has 0 bridgehead atoms. The molecule has 1 fully saturated rings. The maximum atomic E-state index is 3.85. The summed E-state index contributed by atoms with van der Waals surface area (Å²) >= 11 is 0. The molecule has 1 saturated heterocycles. The lowest BCUT2D eigenvalue weighted by Gasteiger charge is -2.54. The Morgan fingerprint density at radius 3 is 2.30 bits per heavy atom. The second kappa shape index (κ2) is 6.28. The van der Waals surface area contributed by atoms with Crippen LogP contribution in [0.5, 0.6) is 0 Å². The monoisotopic (exact) mass is 274 g/mol. The molecule has 0 aromatic heterocycles. The van der Waals surface area contributed by atoms with Gasteiger partial charge >= 0.3 is 0 Å². The maximum absolute atomic E-state index is 3.85. The van der Waals surface area contributed by atoms with E-state index in [-0.39, 0.29) is 5.54 Å². The Labute approximate surface area is 124 Å². The van der Waals surface area contributed by atoms with Gasteiger partial charge in [0.05, 0.1) is 5.54 Å². The predicted octanol–water partition coefficient (Wildman–Crippen LogP) is 3.78. The van der Waals surface area contributed by atoms with Gasteiger partial charge in [-0.15, -0.1) is 0 Å². The van der Waals surface area contributed by atoms with Crippen molar-refractivity contribution >= 4 is 0 Å². The quantitative estimate of drug-likeness (QED) is 0.879. The van der Waals surface area contributed by atoms with Gasteiger partial charge in [-0.3, -0.25) is 4.90 Å². The first kappa shape index (κ1) is 15.5. The van der Waals surface area contributed by atoms with Gasteiger partial charge in [-0.05, 0) is 38.3 Å². The zero-order valence-corrected chi connectivity index (χ0v) is 13.6. The Bertz CT molecular complexity index is 411. The number of benzene rings is 1. The van der Waals surface area contributed by atoms with E-state index in [1.807, 2.05) is 0 Å². The van der Waals surface area contributed by atoms with E-state index in [1.165, 1.54) is 31.4 Å². The lowest BCUT2D eigenvalue weighted by Crippen LogP contribution is -2.67. The van der Waals surface area contributed by atoms with E-state index in [0.29, 0.717) is 5.54 Å². The molecule has 0 radical (unpaired) electrons. The van der Waals surface area contributed by atoms with Crippen LogP contribution in [-0.4, -0.2) is 30.1 Å². The molecule has 20 heavy (non-hydrogen) atoms. The highest BCUT2D eigenvalue weighted by Crippen LogP contribution is 2.34. The molecule has 1 atom stereocenters. The first-order chi connectivity index (χ1) is 9.60. The summed E-state index contributed by atoms with van der Waals surface area (Å²) in [5.41, 5.74) is 1.82. The van der Waals surface area contributed by atoms with Crippen molar-refractivity contribution in [2.24, 2.45) is 0 Å². The van der Waals surface area contributed by atoms with E-state index in [0.717, 1.165) is 13.1 Å². The minimum absolute atomic E-state index is 0.0737. The summed E-state index contributed by atoms with van der Waals surface area (Å²) in [4.78, 5) is 2.73. The number of hydrogen-bond acceptors (Lipinski definition) is 2. The van der Waals surface area contributed by atoms with Gasteiger partial charge in [0, 0.05) is 18.6 Å². The second-order valence-corrected chi connectivity index (χ2v) is 6.40. The second-order valence-electron chi connectivity index (χ2n) is 6.40. The van der Waals surface area contributed by atoms with E-state index in [4.69, 9.17) is 0 Å². The lowest BCUT2D eigenvalue weighted by molar-refractivity contribution is 0.00220. The van der Waals surface area contributed by atoms with Gasteiger partial charge in [-0.25, -0.2) is 0 Å². The smallest absolute Gasteiger partial charge is 0.0535 e. The minimum atomic E-state index is 0.0737. The molecule has 112 valence electrons. The Morgan fingerprint density at radius 1 is 1.10 bits per heavy atom. The highest BCUT2D eigenvalue weighted by molar-refractivity contribution is 5.26. The van der Waals surface area contributed by atoms with Crippen LogP contribution >= 0.6 is 0 Å². The molecule has 0 saturated carbocycles. The van der Waals surface area contributed by atoms with Crippen molar-refractivity contribution in [3.8, 4) is 0 Å². The van der Waals surface area contributed by atoms with Crippen LogP contribution in [0.25, 0.3) is 0 Å². The summed E-state index contributed by atoms with van der Waals surface area (Å²) in [6, 6.07) is 10.9. The first-order valence-corrected chi connectivity index (χ1v) is 8.16. The number of hydrogen-bond donors (Lipinski definition) is 1. The van der Waals surface area contributed by atoms with Crippen molar-refractivity contribution in [2.45, 2.75) is 58.0 Å². The van der Waals surface area contributed by atoms with Crippen LogP contribution in [0.15, 0.2) is 30.3 Å². The summed E-state index contributed by atoms with van der Waals surface area (Å²) in [6.07, 6.45) is 3.68. The fraction of sp³-hybridized carbons (Fsp3) is 0.667. The van der Waals surface area contributed by atoms with Gasteiger partial charge in [0.1, 0.15) is 0 Å². The SMILES string of the molecule is CCCN1CC(C)(c2ccccc2)NCC1(CC)CC. The average molecular weight is 274 g/mol. The third-order valence-electron chi connectivity index (χ3n) is 5.21.